The minimum absolute atomic E-state index is 0.522. The van der Waals surface area contributed by atoms with Gasteiger partial charge in [-0.15, -0.1) is 22.0 Å². The molecular formula is C17H24N6S. The normalized spacial score (nSPS) is 15.2. The van der Waals surface area contributed by atoms with Gasteiger partial charge in [0.1, 0.15) is 16.7 Å². The SMILES string of the molecule is Cc1cc(N2CCN(c3ccc(SC(C)C)nn3)CC2)nc(C)n1. The van der Waals surface area contributed by atoms with Gasteiger partial charge in [0.2, 0.25) is 0 Å². The molecule has 2 aromatic heterocycles. The van der Waals surface area contributed by atoms with Crippen molar-refractivity contribution in [2.45, 2.75) is 38.0 Å². The molecule has 1 saturated heterocycles. The second-order valence-corrected chi connectivity index (χ2v) is 7.88. The highest BCUT2D eigenvalue weighted by atomic mass is 32.2. The van der Waals surface area contributed by atoms with E-state index in [1.807, 2.05) is 13.8 Å². The van der Waals surface area contributed by atoms with Crippen molar-refractivity contribution in [3.63, 3.8) is 0 Å². The molecular weight excluding hydrogens is 320 g/mol. The van der Waals surface area contributed by atoms with Crippen LogP contribution in [0, 0.1) is 13.8 Å². The Morgan fingerprint density at radius 1 is 0.917 bits per heavy atom. The highest BCUT2D eigenvalue weighted by Gasteiger charge is 2.20. The summed E-state index contributed by atoms with van der Waals surface area (Å²) in [6.07, 6.45) is 0. The maximum Gasteiger partial charge on any atom is 0.151 e. The molecule has 0 atom stereocenters. The van der Waals surface area contributed by atoms with Gasteiger partial charge < -0.3 is 9.80 Å². The van der Waals surface area contributed by atoms with Crippen molar-refractivity contribution in [1.82, 2.24) is 20.2 Å². The highest BCUT2D eigenvalue weighted by Crippen LogP contribution is 2.22. The van der Waals surface area contributed by atoms with Gasteiger partial charge in [0.25, 0.3) is 0 Å². The molecule has 24 heavy (non-hydrogen) atoms. The Kier molecular flexibility index (Phi) is 5.18. The Hall–Kier alpha value is -1.89. The number of thioether (sulfide) groups is 1. The zero-order chi connectivity index (χ0) is 17.1. The van der Waals surface area contributed by atoms with Gasteiger partial charge in [-0.25, -0.2) is 9.97 Å². The minimum Gasteiger partial charge on any atom is -0.353 e. The summed E-state index contributed by atoms with van der Waals surface area (Å²) < 4.78 is 0. The van der Waals surface area contributed by atoms with Crippen molar-refractivity contribution in [2.24, 2.45) is 0 Å². The van der Waals surface area contributed by atoms with Crippen LogP contribution in [-0.2, 0) is 0 Å². The first kappa shape index (κ1) is 17.0. The summed E-state index contributed by atoms with van der Waals surface area (Å²) in [6, 6.07) is 6.20. The van der Waals surface area contributed by atoms with Crippen LogP contribution in [0.2, 0.25) is 0 Å². The molecule has 2 aromatic rings. The topological polar surface area (TPSA) is 58.0 Å². The van der Waals surface area contributed by atoms with Crippen molar-refractivity contribution < 1.29 is 0 Å². The molecule has 0 N–H and O–H groups in total. The first-order chi connectivity index (χ1) is 11.5. The van der Waals surface area contributed by atoms with Crippen molar-refractivity contribution >= 4 is 23.4 Å². The zero-order valence-electron chi connectivity index (χ0n) is 14.7. The number of hydrogen-bond donors (Lipinski definition) is 0. The molecule has 1 fully saturated rings. The van der Waals surface area contributed by atoms with Gasteiger partial charge in [-0.3, -0.25) is 0 Å². The lowest BCUT2D eigenvalue weighted by atomic mass is 10.3. The molecule has 0 aromatic carbocycles. The van der Waals surface area contributed by atoms with E-state index in [1.54, 1.807) is 11.8 Å². The molecule has 6 nitrogen and oxygen atoms in total. The number of hydrogen-bond acceptors (Lipinski definition) is 7. The molecule has 0 radical (unpaired) electrons. The summed E-state index contributed by atoms with van der Waals surface area (Å²) in [6.45, 7) is 12.0. The summed E-state index contributed by atoms with van der Waals surface area (Å²) in [5.74, 6) is 2.81. The van der Waals surface area contributed by atoms with E-state index in [4.69, 9.17) is 0 Å². The lowest BCUT2D eigenvalue weighted by Crippen LogP contribution is -2.47. The average Bonchev–Trinajstić information content (AvgIpc) is 2.54. The second-order valence-electron chi connectivity index (χ2n) is 6.29. The quantitative estimate of drug-likeness (QED) is 0.790. The fourth-order valence-corrected chi connectivity index (χ4v) is 3.53. The summed E-state index contributed by atoms with van der Waals surface area (Å²) in [5.41, 5.74) is 1.02. The predicted molar refractivity (Wildman–Crippen MR) is 99.0 cm³/mol. The first-order valence-corrected chi connectivity index (χ1v) is 9.22. The highest BCUT2D eigenvalue weighted by molar-refractivity contribution is 7.99. The van der Waals surface area contributed by atoms with E-state index in [0.29, 0.717) is 5.25 Å². The number of nitrogens with zero attached hydrogens (tertiary/aromatic N) is 6. The fraction of sp³-hybridized carbons (Fsp3) is 0.529. The molecule has 0 aliphatic carbocycles. The molecule has 0 bridgehead atoms. The Bertz CT molecular complexity index is 660. The van der Waals surface area contributed by atoms with Crippen LogP contribution in [0.1, 0.15) is 25.4 Å². The number of piperazine rings is 1. The van der Waals surface area contributed by atoms with Crippen LogP contribution in [0.25, 0.3) is 0 Å². The third-order valence-corrected chi connectivity index (χ3v) is 4.79. The summed E-state index contributed by atoms with van der Waals surface area (Å²) in [5, 5.41) is 10.2. The van der Waals surface area contributed by atoms with Gasteiger partial charge >= 0.3 is 0 Å². The maximum absolute atomic E-state index is 4.56. The van der Waals surface area contributed by atoms with Gasteiger partial charge in [0.15, 0.2) is 5.82 Å². The molecule has 0 amide bonds. The Balaban J connectivity index is 1.62. The largest absolute Gasteiger partial charge is 0.353 e. The van der Waals surface area contributed by atoms with Gasteiger partial charge in [-0.1, -0.05) is 13.8 Å². The molecule has 1 aliphatic rings. The predicted octanol–water partition coefficient (Wildman–Crippen LogP) is 2.71. The van der Waals surface area contributed by atoms with Crippen molar-refractivity contribution in [1.29, 1.82) is 0 Å². The van der Waals surface area contributed by atoms with Gasteiger partial charge in [0, 0.05) is 43.2 Å². The van der Waals surface area contributed by atoms with Crippen LogP contribution >= 0.6 is 11.8 Å². The number of rotatable bonds is 4. The Morgan fingerprint density at radius 3 is 2.12 bits per heavy atom. The molecule has 0 saturated carbocycles. The van der Waals surface area contributed by atoms with Gasteiger partial charge in [0.05, 0.1) is 0 Å². The Labute approximate surface area is 147 Å². The van der Waals surface area contributed by atoms with E-state index in [9.17, 15) is 0 Å². The summed E-state index contributed by atoms with van der Waals surface area (Å²) in [7, 11) is 0. The summed E-state index contributed by atoms with van der Waals surface area (Å²) in [4.78, 5) is 13.5. The maximum atomic E-state index is 4.56. The van der Waals surface area contributed by atoms with Gasteiger partial charge in [-0.2, -0.15) is 0 Å². The smallest absolute Gasteiger partial charge is 0.151 e. The van der Waals surface area contributed by atoms with E-state index in [1.165, 1.54) is 0 Å². The third kappa shape index (κ3) is 4.14. The van der Waals surface area contributed by atoms with Gasteiger partial charge in [-0.05, 0) is 26.0 Å². The molecule has 0 spiro atoms. The monoisotopic (exact) mass is 344 g/mol. The van der Waals surface area contributed by atoms with Crippen molar-refractivity contribution in [2.75, 3.05) is 36.0 Å². The van der Waals surface area contributed by atoms with Crippen LogP contribution in [0.4, 0.5) is 11.6 Å². The van der Waals surface area contributed by atoms with E-state index in [0.717, 1.165) is 54.4 Å². The molecule has 7 heteroatoms. The van der Waals surface area contributed by atoms with E-state index >= 15 is 0 Å². The fourth-order valence-electron chi connectivity index (χ4n) is 2.81. The van der Waals surface area contributed by atoms with Crippen molar-refractivity contribution in [3.8, 4) is 0 Å². The molecule has 3 heterocycles. The lowest BCUT2D eigenvalue weighted by Gasteiger charge is -2.36. The van der Waals surface area contributed by atoms with Crippen LogP contribution in [-0.4, -0.2) is 51.6 Å². The number of anilines is 2. The molecule has 128 valence electrons. The van der Waals surface area contributed by atoms with E-state index in [2.05, 4.69) is 62.0 Å². The van der Waals surface area contributed by atoms with Crippen LogP contribution in [0.15, 0.2) is 23.2 Å². The van der Waals surface area contributed by atoms with Crippen LogP contribution in [0.3, 0.4) is 0 Å². The number of aryl methyl sites for hydroxylation is 2. The second kappa shape index (κ2) is 7.34. The molecule has 3 rings (SSSR count). The molecule has 0 unspecified atom stereocenters. The first-order valence-electron chi connectivity index (χ1n) is 8.34. The van der Waals surface area contributed by atoms with Crippen LogP contribution < -0.4 is 9.80 Å². The molecule has 1 aliphatic heterocycles. The number of aromatic nitrogens is 4. The van der Waals surface area contributed by atoms with E-state index in [-0.39, 0.29) is 0 Å². The minimum atomic E-state index is 0.522. The van der Waals surface area contributed by atoms with Crippen LogP contribution in [0.5, 0.6) is 0 Å². The zero-order valence-corrected chi connectivity index (χ0v) is 15.5. The lowest BCUT2D eigenvalue weighted by molar-refractivity contribution is 0.634. The Morgan fingerprint density at radius 2 is 1.58 bits per heavy atom. The average molecular weight is 344 g/mol. The van der Waals surface area contributed by atoms with Crippen molar-refractivity contribution in [3.05, 3.63) is 29.7 Å². The summed E-state index contributed by atoms with van der Waals surface area (Å²) >= 11 is 1.74. The van der Waals surface area contributed by atoms with E-state index < -0.39 is 0 Å². The standard InChI is InChI=1S/C17H24N6S/c1-12(2)24-17-6-5-15(20-21-17)22-7-9-23(10-8-22)16-11-13(3)18-14(4)19-16/h5-6,11-12H,7-10H2,1-4H3. The third-order valence-electron chi connectivity index (χ3n) is 3.86.